The largest absolute Gasteiger partial charge is 0.490 e. The van der Waals surface area contributed by atoms with Crippen molar-refractivity contribution in [3.05, 3.63) is 24.3 Å². The Morgan fingerprint density at radius 2 is 2.05 bits per heavy atom. The van der Waals surface area contributed by atoms with Gasteiger partial charge in [0.2, 0.25) is 10.0 Å². The summed E-state index contributed by atoms with van der Waals surface area (Å²) >= 11 is 0. The first-order chi connectivity index (χ1) is 9.94. The molecule has 0 aliphatic rings. The molecule has 0 fully saturated rings. The molecule has 0 unspecified atom stereocenters. The summed E-state index contributed by atoms with van der Waals surface area (Å²) < 4.78 is 35.6. The third-order valence-electron chi connectivity index (χ3n) is 2.49. The zero-order chi connectivity index (χ0) is 15.7. The molecule has 0 saturated carbocycles. The topological polar surface area (TPSA) is 108 Å². The van der Waals surface area contributed by atoms with Crippen molar-refractivity contribution >= 4 is 21.7 Å². The molecule has 0 amide bonds. The zero-order valence-electron chi connectivity index (χ0n) is 11.9. The van der Waals surface area contributed by atoms with Crippen molar-refractivity contribution in [3.8, 4) is 5.75 Å². The van der Waals surface area contributed by atoms with Crippen LogP contribution in [0.15, 0.2) is 24.3 Å². The molecule has 0 radical (unpaired) electrons. The number of anilines is 1. The normalized spacial score (nSPS) is 11.1. The Labute approximate surface area is 124 Å². The molecule has 1 rings (SSSR count). The van der Waals surface area contributed by atoms with Gasteiger partial charge in [0.25, 0.3) is 0 Å². The molecule has 0 saturated heterocycles. The summed E-state index contributed by atoms with van der Waals surface area (Å²) in [5, 5.41) is 0. The van der Waals surface area contributed by atoms with E-state index < -0.39 is 16.0 Å². The SMILES string of the molecule is CCOC(=O)CCNS(=O)(=O)CCOc1ccccc1N. The Kier molecular flexibility index (Phi) is 6.97. The molecule has 118 valence electrons. The van der Waals surface area contributed by atoms with Crippen LogP contribution in [-0.4, -0.2) is 39.9 Å². The number of ether oxygens (including phenoxy) is 2. The number of nitrogens with two attached hydrogens (primary N) is 1. The van der Waals surface area contributed by atoms with Crippen molar-refractivity contribution in [2.45, 2.75) is 13.3 Å². The fraction of sp³-hybridized carbons (Fsp3) is 0.462. The predicted octanol–water partition coefficient (Wildman–Crippen LogP) is 0.520. The lowest BCUT2D eigenvalue weighted by molar-refractivity contribution is -0.142. The highest BCUT2D eigenvalue weighted by Gasteiger charge is 2.12. The van der Waals surface area contributed by atoms with Crippen LogP contribution in [0.5, 0.6) is 5.75 Å². The van der Waals surface area contributed by atoms with Gasteiger partial charge in [0, 0.05) is 6.54 Å². The molecule has 0 aliphatic heterocycles. The van der Waals surface area contributed by atoms with E-state index >= 15 is 0 Å². The number of hydrogen-bond donors (Lipinski definition) is 2. The van der Waals surface area contributed by atoms with Crippen LogP contribution in [0.1, 0.15) is 13.3 Å². The minimum absolute atomic E-state index is 0.000436. The van der Waals surface area contributed by atoms with E-state index in [-0.39, 0.29) is 31.9 Å². The maximum atomic E-state index is 11.7. The van der Waals surface area contributed by atoms with Crippen LogP contribution in [-0.2, 0) is 19.6 Å². The molecule has 1 aromatic rings. The van der Waals surface area contributed by atoms with E-state index in [4.69, 9.17) is 15.2 Å². The third kappa shape index (κ3) is 6.96. The van der Waals surface area contributed by atoms with Gasteiger partial charge in [-0.15, -0.1) is 0 Å². The van der Waals surface area contributed by atoms with E-state index in [1.165, 1.54) is 0 Å². The van der Waals surface area contributed by atoms with Gasteiger partial charge in [-0.3, -0.25) is 4.79 Å². The van der Waals surface area contributed by atoms with Gasteiger partial charge in [0.15, 0.2) is 0 Å². The molecule has 0 aromatic heterocycles. The summed E-state index contributed by atoms with van der Waals surface area (Å²) in [7, 11) is -3.50. The van der Waals surface area contributed by atoms with Crippen molar-refractivity contribution in [2.75, 3.05) is 31.2 Å². The quantitative estimate of drug-likeness (QED) is 0.508. The van der Waals surface area contributed by atoms with Crippen molar-refractivity contribution in [1.29, 1.82) is 0 Å². The van der Waals surface area contributed by atoms with Gasteiger partial charge in [0.1, 0.15) is 12.4 Å². The lowest BCUT2D eigenvalue weighted by Crippen LogP contribution is -2.31. The first-order valence-electron chi connectivity index (χ1n) is 6.55. The van der Waals surface area contributed by atoms with Gasteiger partial charge in [-0.1, -0.05) is 12.1 Å². The van der Waals surface area contributed by atoms with Crippen LogP contribution in [0, 0.1) is 0 Å². The van der Waals surface area contributed by atoms with Crippen LogP contribution in [0.2, 0.25) is 0 Å². The van der Waals surface area contributed by atoms with Gasteiger partial charge in [-0.25, -0.2) is 13.1 Å². The smallest absolute Gasteiger partial charge is 0.307 e. The fourth-order valence-electron chi connectivity index (χ4n) is 1.49. The Hall–Kier alpha value is -1.80. The second-order valence-corrected chi connectivity index (χ2v) is 6.08. The highest BCUT2D eigenvalue weighted by atomic mass is 32.2. The van der Waals surface area contributed by atoms with Gasteiger partial charge >= 0.3 is 5.97 Å². The number of esters is 1. The summed E-state index contributed by atoms with van der Waals surface area (Å²) in [5.41, 5.74) is 6.12. The van der Waals surface area contributed by atoms with E-state index in [0.717, 1.165) is 0 Å². The van der Waals surface area contributed by atoms with E-state index in [9.17, 15) is 13.2 Å². The molecule has 0 heterocycles. The standard InChI is InChI=1S/C13H20N2O5S/c1-2-19-13(16)7-8-15-21(17,18)10-9-20-12-6-4-3-5-11(12)14/h3-6,15H,2,7-10,14H2,1H3. The molecular formula is C13H20N2O5S. The van der Waals surface area contributed by atoms with Crippen LogP contribution < -0.4 is 15.2 Å². The maximum Gasteiger partial charge on any atom is 0.307 e. The van der Waals surface area contributed by atoms with E-state index in [1.54, 1.807) is 31.2 Å². The molecular weight excluding hydrogens is 296 g/mol. The molecule has 0 spiro atoms. The molecule has 1 aromatic carbocycles. The van der Waals surface area contributed by atoms with Crippen molar-refractivity contribution in [1.82, 2.24) is 4.72 Å². The molecule has 3 N–H and O–H groups in total. The van der Waals surface area contributed by atoms with Gasteiger partial charge in [-0.2, -0.15) is 0 Å². The first kappa shape index (κ1) is 17.3. The van der Waals surface area contributed by atoms with Crippen molar-refractivity contribution < 1.29 is 22.7 Å². The molecule has 0 aliphatic carbocycles. The van der Waals surface area contributed by atoms with Crippen LogP contribution in [0.4, 0.5) is 5.69 Å². The van der Waals surface area contributed by atoms with E-state index in [0.29, 0.717) is 11.4 Å². The maximum absolute atomic E-state index is 11.7. The van der Waals surface area contributed by atoms with Gasteiger partial charge in [-0.05, 0) is 19.1 Å². The van der Waals surface area contributed by atoms with Crippen LogP contribution in [0.25, 0.3) is 0 Å². The summed E-state index contributed by atoms with van der Waals surface area (Å²) in [6.07, 6.45) is -0.000436. The summed E-state index contributed by atoms with van der Waals surface area (Å²) in [4.78, 5) is 11.1. The lowest BCUT2D eigenvalue weighted by atomic mass is 10.3. The van der Waals surface area contributed by atoms with Crippen molar-refractivity contribution in [3.63, 3.8) is 0 Å². The van der Waals surface area contributed by atoms with E-state index in [1.807, 2.05) is 0 Å². The number of hydrogen-bond acceptors (Lipinski definition) is 6. The average molecular weight is 316 g/mol. The van der Waals surface area contributed by atoms with Crippen LogP contribution >= 0.6 is 0 Å². The number of nitrogen functional groups attached to an aromatic ring is 1. The fourth-order valence-corrected chi connectivity index (χ4v) is 2.35. The summed E-state index contributed by atoms with van der Waals surface area (Å²) in [6, 6.07) is 6.84. The number of nitrogens with one attached hydrogen (secondary N) is 1. The third-order valence-corrected chi connectivity index (χ3v) is 3.83. The average Bonchev–Trinajstić information content (AvgIpc) is 2.41. The van der Waals surface area contributed by atoms with Crippen molar-refractivity contribution in [2.24, 2.45) is 0 Å². The second-order valence-electron chi connectivity index (χ2n) is 4.15. The number of carbonyl (C=O) groups excluding carboxylic acids is 1. The predicted molar refractivity (Wildman–Crippen MR) is 79.4 cm³/mol. The highest BCUT2D eigenvalue weighted by Crippen LogP contribution is 2.19. The number of sulfonamides is 1. The monoisotopic (exact) mass is 316 g/mol. The Balaban J connectivity index is 2.30. The number of para-hydroxylation sites is 2. The Morgan fingerprint density at radius 3 is 2.71 bits per heavy atom. The molecule has 0 bridgehead atoms. The number of rotatable bonds is 9. The summed E-state index contributed by atoms with van der Waals surface area (Å²) in [5.74, 6) is -0.211. The van der Waals surface area contributed by atoms with E-state index in [2.05, 4.69) is 4.72 Å². The molecule has 0 atom stereocenters. The Bertz CT molecular complexity index is 559. The minimum atomic E-state index is -3.50. The molecule has 21 heavy (non-hydrogen) atoms. The minimum Gasteiger partial charge on any atom is -0.490 e. The summed E-state index contributed by atoms with van der Waals surface area (Å²) in [6.45, 7) is 1.95. The van der Waals surface area contributed by atoms with Gasteiger partial charge < -0.3 is 15.2 Å². The van der Waals surface area contributed by atoms with Gasteiger partial charge in [0.05, 0.1) is 24.5 Å². The lowest BCUT2D eigenvalue weighted by Gasteiger charge is -2.09. The highest BCUT2D eigenvalue weighted by molar-refractivity contribution is 7.89. The second kappa shape index (κ2) is 8.48. The van der Waals surface area contributed by atoms with Crippen LogP contribution in [0.3, 0.4) is 0 Å². The molecule has 7 nitrogen and oxygen atoms in total. The zero-order valence-corrected chi connectivity index (χ0v) is 12.7. The number of benzene rings is 1. The Morgan fingerprint density at radius 1 is 1.33 bits per heavy atom. The molecule has 8 heteroatoms. The number of carbonyl (C=O) groups is 1. The first-order valence-corrected chi connectivity index (χ1v) is 8.20.